The predicted molar refractivity (Wildman–Crippen MR) is 58.1 cm³/mol. The molecule has 3 nitrogen and oxygen atoms in total. The van der Waals surface area contributed by atoms with Gasteiger partial charge in [0, 0.05) is 17.5 Å². The number of aromatic nitrogens is 1. The van der Waals surface area contributed by atoms with Crippen LogP contribution in [0.25, 0.3) is 0 Å². The molecule has 0 aliphatic heterocycles. The largest absolute Gasteiger partial charge is 0.347 e. The molecule has 1 N–H and O–H groups in total. The van der Waals surface area contributed by atoms with Crippen LogP contribution in [0.1, 0.15) is 38.2 Å². The van der Waals surface area contributed by atoms with Gasteiger partial charge in [0.05, 0.1) is 6.04 Å². The fourth-order valence-electron chi connectivity index (χ4n) is 1.08. The van der Waals surface area contributed by atoms with Crippen molar-refractivity contribution in [3.63, 3.8) is 0 Å². The van der Waals surface area contributed by atoms with Crippen LogP contribution in [0.15, 0.2) is 11.6 Å². The topological polar surface area (TPSA) is 42.0 Å². The molecule has 1 atom stereocenters. The van der Waals surface area contributed by atoms with Gasteiger partial charge >= 0.3 is 0 Å². The number of thiazole rings is 1. The van der Waals surface area contributed by atoms with Gasteiger partial charge in [-0.3, -0.25) is 4.79 Å². The van der Waals surface area contributed by atoms with Crippen molar-refractivity contribution in [2.75, 3.05) is 0 Å². The van der Waals surface area contributed by atoms with E-state index in [9.17, 15) is 4.79 Å². The number of nitrogens with zero attached hydrogens (tertiary/aromatic N) is 1. The first-order valence-electron chi connectivity index (χ1n) is 4.85. The maximum Gasteiger partial charge on any atom is 0.223 e. The molecule has 0 radical (unpaired) electrons. The third kappa shape index (κ3) is 2.80. The van der Waals surface area contributed by atoms with Crippen molar-refractivity contribution in [2.45, 2.75) is 33.2 Å². The molecule has 0 saturated carbocycles. The first-order chi connectivity index (χ1) is 6.65. The molecule has 1 rings (SSSR count). The minimum absolute atomic E-state index is 0.0315. The Kier molecular flexibility index (Phi) is 4.07. The lowest BCUT2D eigenvalue weighted by Gasteiger charge is -2.15. The lowest BCUT2D eigenvalue weighted by atomic mass is 10.1. The lowest BCUT2D eigenvalue weighted by Crippen LogP contribution is -2.31. The highest BCUT2D eigenvalue weighted by Crippen LogP contribution is 2.18. The van der Waals surface area contributed by atoms with Crippen molar-refractivity contribution in [2.24, 2.45) is 5.92 Å². The molecule has 1 aromatic rings. The Hall–Kier alpha value is -0.900. The smallest absolute Gasteiger partial charge is 0.223 e. The van der Waals surface area contributed by atoms with Crippen LogP contribution in [0.3, 0.4) is 0 Å². The van der Waals surface area contributed by atoms with Gasteiger partial charge in [-0.2, -0.15) is 0 Å². The number of hydrogen-bond acceptors (Lipinski definition) is 3. The van der Waals surface area contributed by atoms with E-state index < -0.39 is 0 Å². The van der Waals surface area contributed by atoms with E-state index in [1.807, 2.05) is 26.2 Å². The summed E-state index contributed by atoms with van der Waals surface area (Å²) in [4.78, 5) is 15.7. The van der Waals surface area contributed by atoms with Crippen molar-refractivity contribution in [3.05, 3.63) is 16.6 Å². The van der Waals surface area contributed by atoms with Crippen molar-refractivity contribution < 1.29 is 4.79 Å². The number of carbonyl (C=O) groups is 1. The van der Waals surface area contributed by atoms with E-state index in [0.29, 0.717) is 0 Å². The van der Waals surface area contributed by atoms with Gasteiger partial charge in [0.2, 0.25) is 5.91 Å². The van der Waals surface area contributed by atoms with Crippen LogP contribution in [0.5, 0.6) is 0 Å². The molecule has 1 heterocycles. The molecular weight excluding hydrogens is 196 g/mol. The van der Waals surface area contributed by atoms with Gasteiger partial charge in [0.25, 0.3) is 0 Å². The number of carbonyl (C=O) groups excluding carboxylic acids is 1. The highest BCUT2D eigenvalue weighted by Gasteiger charge is 2.16. The van der Waals surface area contributed by atoms with Gasteiger partial charge in [-0.15, -0.1) is 11.3 Å². The summed E-state index contributed by atoms with van der Waals surface area (Å²) in [5.41, 5.74) is 0. The third-order valence-electron chi connectivity index (χ3n) is 2.00. The average molecular weight is 212 g/mol. The van der Waals surface area contributed by atoms with E-state index in [1.54, 1.807) is 17.5 Å². The molecule has 0 bridgehead atoms. The SMILES string of the molecule is CCC(NC(=O)C(C)C)c1nccs1. The number of amides is 1. The molecule has 0 spiro atoms. The summed E-state index contributed by atoms with van der Waals surface area (Å²) < 4.78 is 0. The van der Waals surface area contributed by atoms with Crippen LogP contribution >= 0.6 is 11.3 Å². The normalized spacial score (nSPS) is 12.9. The van der Waals surface area contributed by atoms with Crippen molar-refractivity contribution in [3.8, 4) is 0 Å². The minimum atomic E-state index is 0.0315. The van der Waals surface area contributed by atoms with Gasteiger partial charge < -0.3 is 5.32 Å². The van der Waals surface area contributed by atoms with Gasteiger partial charge in [0.1, 0.15) is 5.01 Å². The second-order valence-electron chi connectivity index (χ2n) is 3.49. The Morgan fingerprint density at radius 3 is 2.79 bits per heavy atom. The van der Waals surface area contributed by atoms with E-state index in [-0.39, 0.29) is 17.9 Å². The monoisotopic (exact) mass is 212 g/mol. The summed E-state index contributed by atoms with van der Waals surface area (Å²) in [7, 11) is 0. The standard InChI is InChI=1S/C10H16N2OS/c1-4-8(10-11-5-6-14-10)12-9(13)7(2)3/h5-8H,4H2,1-3H3,(H,12,13). The summed E-state index contributed by atoms with van der Waals surface area (Å²) >= 11 is 1.58. The van der Waals surface area contributed by atoms with Crippen LogP contribution in [-0.4, -0.2) is 10.9 Å². The highest BCUT2D eigenvalue weighted by atomic mass is 32.1. The Morgan fingerprint density at radius 1 is 1.64 bits per heavy atom. The Bertz CT molecular complexity index is 282. The fraction of sp³-hybridized carbons (Fsp3) is 0.600. The molecule has 14 heavy (non-hydrogen) atoms. The van der Waals surface area contributed by atoms with E-state index in [0.717, 1.165) is 11.4 Å². The zero-order valence-electron chi connectivity index (χ0n) is 8.78. The van der Waals surface area contributed by atoms with Gasteiger partial charge in [-0.1, -0.05) is 20.8 Å². The summed E-state index contributed by atoms with van der Waals surface area (Å²) in [6, 6.07) is 0.0740. The van der Waals surface area contributed by atoms with Crippen LogP contribution < -0.4 is 5.32 Å². The highest BCUT2D eigenvalue weighted by molar-refractivity contribution is 7.09. The molecule has 1 aromatic heterocycles. The second-order valence-corrected chi connectivity index (χ2v) is 4.42. The molecule has 4 heteroatoms. The van der Waals surface area contributed by atoms with Crippen LogP contribution in [0.4, 0.5) is 0 Å². The zero-order valence-corrected chi connectivity index (χ0v) is 9.60. The summed E-state index contributed by atoms with van der Waals surface area (Å²) in [5, 5.41) is 5.90. The van der Waals surface area contributed by atoms with E-state index in [1.165, 1.54) is 0 Å². The number of hydrogen-bond donors (Lipinski definition) is 1. The number of rotatable bonds is 4. The third-order valence-corrected chi connectivity index (χ3v) is 2.89. The lowest BCUT2D eigenvalue weighted by molar-refractivity contribution is -0.124. The fourth-order valence-corrected chi connectivity index (χ4v) is 1.86. The average Bonchev–Trinajstić information content (AvgIpc) is 2.66. The summed E-state index contributed by atoms with van der Waals surface area (Å²) in [5.74, 6) is 0.121. The van der Waals surface area contributed by atoms with Crippen molar-refractivity contribution in [1.29, 1.82) is 0 Å². The maximum absolute atomic E-state index is 11.5. The van der Waals surface area contributed by atoms with E-state index >= 15 is 0 Å². The minimum Gasteiger partial charge on any atom is -0.347 e. The molecule has 0 saturated heterocycles. The Balaban J connectivity index is 2.61. The molecule has 1 unspecified atom stereocenters. The molecule has 0 fully saturated rings. The van der Waals surface area contributed by atoms with Crippen LogP contribution in [0, 0.1) is 5.92 Å². The maximum atomic E-state index is 11.5. The van der Waals surface area contributed by atoms with Gasteiger partial charge in [-0.25, -0.2) is 4.98 Å². The van der Waals surface area contributed by atoms with Crippen molar-refractivity contribution in [1.82, 2.24) is 10.3 Å². The van der Waals surface area contributed by atoms with Gasteiger partial charge in [-0.05, 0) is 6.42 Å². The Labute approximate surface area is 88.6 Å². The molecule has 0 aliphatic rings. The van der Waals surface area contributed by atoms with E-state index in [4.69, 9.17) is 0 Å². The molecule has 0 aliphatic carbocycles. The predicted octanol–water partition coefficient (Wildman–Crippen LogP) is 2.37. The quantitative estimate of drug-likeness (QED) is 0.832. The molecule has 0 aromatic carbocycles. The molecule has 78 valence electrons. The molecule has 1 amide bonds. The zero-order chi connectivity index (χ0) is 10.6. The summed E-state index contributed by atoms with van der Waals surface area (Å²) in [6.07, 6.45) is 2.65. The summed E-state index contributed by atoms with van der Waals surface area (Å²) in [6.45, 7) is 5.83. The van der Waals surface area contributed by atoms with Gasteiger partial charge in [0.15, 0.2) is 0 Å². The van der Waals surface area contributed by atoms with Crippen LogP contribution in [-0.2, 0) is 4.79 Å². The van der Waals surface area contributed by atoms with Crippen LogP contribution in [0.2, 0.25) is 0 Å². The first kappa shape index (κ1) is 11.2. The molecular formula is C10H16N2OS. The number of nitrogens with one attached hydrogen (secondary N) is 1. The Morgan fingerprint density at radius 2 is 2.36 bits per heavy atom. The second kappa shape index (κ2) is 5.10. The first-order valence-corrected chi connectivity index (χ1v) is 5.72. The van der Waals surface area contributed by atoms with Crippen molar-refractivity contribution >= 4 is 17.2 Å². The van der Waals surface area contributed by atoms with E-state index in [2.05, 4.69) is 10.3 Å².